The molecular formula is C7H11N3S. The predicted molar refractivity (Wildman–Crippen MR) is 46.4 cm³/mol. The van der Waals surface area contributed by atoms with E-state index >= 15 is 0 Å². The lowest BCUT2D eigenvalue weighted by atomic mass is 10.4. The van der Waals surface area contributed by atoms with Crippen LogP contribution in [0.3, 0.4) is 0 Å². The zero-order chi connectivity index (χ0) is 8.10. The molecule has 60 valence electrons. The molecule has 3 nitrogen and oxygen atoms in total. The Morgan fingerprint density at radius 1 is 1.73 bits per heavy atom. The van der Waals surface area contributed by atoms with E-state index in [0.717, 1.165) is 10.8 Å². The van der Waals surface area contributed by atoms with Gasteiger partial charge in [0.2, 0.25) is 0 Å². The predicted octanol–water partition coefficient (Wildman–Crippen LogP) is 0.916. The lowest BCUT2D eigenvalue weighted by Crippen LogP contribution is -2.17. The van der Waals surface area contributed by atoms with Gasteiger partial charge in [0.05, 0.1) is 5.03 Å². The molecule has 0 spiro atoms. The topological polar surface area (TPSA) is 51.8 Å². The highest BCUT2D eigenvalue weighted by molar-refractivity contribution is 7.99. The van der Waals surface area contributed by atoms with Crippen molar-refractivity contribution in [2.45, 2.75) is 18.0 Å². The number of thioether (sulfide) groups is 1. The number of aromatic nitrogens is 2. The van der Waals surface area contributed by atoms with Gasteiger partial charge in [-0.25, -0.2) is 9.97 Å². The van der Waals surface area contributed by atoms with Crippen LogP contribution in [0.15, 0.2) is 23.6 Å². The van der Waals surface area contributed by atoms with Crippen molar-refractivity contribution in [3.63, 3.8) is 0 Å². The summed E-state index contributed by atoms with van der Waals surface area (Å²) in [6.45, 7) is 1.98. The number of hydrogen-bond donors (Lipinski definition) is 1. The molecular weight excluding hydrogens is 158 g/mol. The first-order valence-electron chi connectivity index (χ1n) is 3.43. The van der Waals surface area contributed by atoms with Crippen molar-refractivity contribution >= 4 is 11.8 Å². The fourth-order valence-corrected chi connectivity index (χ4v) is 1.29. The minimum absolute atomic E-state index is 0.218. The summed E-state index contributed by atoms with van der Waals surface area (Å²) in [6.07, 6.45) is 3.28. The van der Waals surface area contributed by atoms with Gasteiger partial charge in [0.1, 0.15) is 6.33 Å². The SMILES string of the molecule is C[C@H](N)CSc1ccncn1. The van der Waals surface area contributed by atoms with E-state index in [1.54, 1.807) is 24.3 Å². The largest absolute Gasteiger partial charge is 0.327 e. The maximum Gasteiger partial charge on any atom is 0.116 e. The van der Waals surface area contributed by atoms with Gasteiger partial charge in [0.15, 0.2) is 0 Å². The first-order valence-corrected chi connectivity index (χ1v) is 4.42. The third kappa shape index (κ3) is 3.34. The molecule has 0 aliphatic heterocycles. The molecule has 1 heterocycles. The Hall–Kier alpha value is -0.610. The Kier molecular flexibility index (Phi) is 3.32. The Morgan fingerprint density at radius 2 is 2.55 bits per heavy atom. The average Bonchev–Trinajstić information content (AvgIpc) is 2.03. The Labute approximate surface area is 70.4 Å². The average molecular weight is 169 g/mol. The standard InChI is InChI=1S/C7H11N3S/c1-6(8)4-11-7-2-3-9-5-10-7/h2-3,5-6H,4,8H2,1H3/t6-/m0/s1. The first kappa shape index (κ1) is 8.49. The van der Waals surface area contributed by atoms with E-state index < -0.39 is 0 Å². The summed E-state index contributed by atoms with van der Waals surface area (Å²) in [4.78, 5) is 7.86. The van der Waals surface area contributed by atoms with Crippen molar-refractivity contribution in [1.82, 2.24) is 9.97 Å². The lowest BCUT2D eigenvalue weighted by Gasteiger charge is -2.02. The van der Waals surface area contributed by atoms with Crippen LogP contribution in [-0.2, 0) is 0 Å². The Balaban J connectivity index is 2.39. The van der Waals surface area contributed by atoms with Crippen LogP contribution in [0.5, 0.6) is 0 Å². The zero-order valence-electron chi connectivity index (χ0n) is 6.40. The quantitative estimate of drug-likeness (QED) is 0.540. The second-order valence-electron chi connectivity index (χ2n) is 2.34. The smallest absolute Gasteiger partial charge is 0.116 e. The summed E-state index contributed by atoms with van der Waals surface area (Å²) in [7, 11) is 0. The summed E-state index contributed by atoms with van der Waals surface area (Å²) in [5, 5.41) is 0.984. The second kappa shape index (κ2) is 4.31. The number of hydrogen-bond acceptors (Lipinski definition) is 4. The maximum absolute atomic E-state index is 5.58. The highest BCUT2D eigenvalue weighted by Crippen LogP contribution is 2.13. The fourth-order valence-electron chi connectivity index (χ4n) is 0.581. The van der Waals surface area contributed by atoms with Gasteiger partial charge in [-0.2, -0.15) is 0 Å². The van der Waals surface area contributed by atoms with E-state index in [9.17, 15) is 0 Å². The fraction of sp³-hybridized carbons (Fsp3) is 0.429. The third-order valence-corrected chi connectivity index (χ3v) is 2.28. The molecule has 2 N–H and O–H groups in total. The van der Waals surface area contributed by atoms with Crippen LogP contribution in [0.25, 0.3) is 0 Å². The molecule has 0 fully saturated rings. The molecule has 1 aromatic rings. The van der Waals surface area contributed by atoms with Crippen LogP contribution < -0.4 is 5.73 Å². The van der Waals surface area contributed by atoms with Crippen LogP contribution in [0.2, 0.25) is 0 Å². The van der Waals surface area contributed by atoms with Crippen molar-refractivity contribution in [3.8, 4) is 0 Å². The second-order valence-corrected chi connectivity index (χ2v) is 3.38. The summed E-state index contributed by atoms with van der Waals surface area (Å²) in [5.74, 6) is 0.900. The van der Waals surface area contributed by atoms with E-state index in [0.29, 0.717) is 0 Å². The normalized spacial score (nSPS) is 12.9. The molecule has 0 aromatic carbocycles. The monoisotopic (exact) mass is 169 g/mol. The van der Waals surface area contributed by atoms with Crippen molar-refractivity contribution in [2.75, 3.05) is 5.75 Å². The lowest BCUT2D eigenvalue weighted by molar-refractivity contribution is 0.845. The van der Waals surface area contributed by atoms with Gasteiger partial charge in [-0.1, -0.05) is 0 Å². The number of nitrogens with zero attached hydrogens (tertiary/aromatic N) is 2. The molecule has 0 bridgehead atoms. The van der Waals surface area contributed by atoms with E-state index in [1.807, 2.05) is 13.0 Å². The molecule has 1 atom stereocenters. The molecule has 4 heteroatoms. The van der Waals surface area contributed by atoms with Crippen LogP contribution in [0, 0.1) is 0 Å². The summed E-state index contributed by atoms with van der Waals surface area (Å²) in [5.41, 5.74) is 5.58. The summed E-state index contributed by atoms with van der Waals surface area (Å²) in [6, 6.07) is 2.10. The van der Waals surface area contributed by atoms with Crippen LogP contribution in [0.4, 0.5) is 0 Å². The minimum Gasteiger partial charge on any atom is -0.327 e. The molecule has 0 saturated heterocycles. The van der Waals surface area contributed by atoms with Gasteiger partial charge in [-0.3, -0.25) is 0 Å². The summed E-state index contributed by atoms with van der Waals surface area (Å²) >= 11 is 1.65. The number of nitrogens with two attached hydrogens (primary N) is 1. The molecule has 11 heavy (non-hydrogen) atoms. The van der Waals surface area contributed by atoms with Crippen molar-refractivity contribution in [3.05, 3.63) is 18.6 Å². The van der Waals surface area contributed by atoms with Gasteiger partial charge in [0.25, 0.3) is 0 Å². The minimum atomic E-state index is 0.218. The van der Waals surface area contributed by atoms with Crippen molar-refractivity contribution in [1.29, 1.82) is 0 Å². The molecule has 0 radical (unpaired) electrons. The first-order chi connectivity index (χ1) is 5.29. The molecule has 0 amide bonds. The van der Waals surface area contributed by atoms with Gasteiger partial charge in [-0.15, -0.1) is 11.8 Å². The molecule has 0 aliphatic carbocycles. The number of rotatable bonds is 3. The molecule has 0 unspecified atom stereocenters. The zero-order valence-corrected chi connectivity index (χ0v) is 7.21. The Morgan fingerprint density at radius 3 is 3.09 bits per heavy atom. The highest BCUT2D eigenvalue weighted by Gasteiger charge is 1.96. The van der Waals surface area contributed by atoms with Gasteiger partial charge < -0.3 is 5.73 Å². The highest BCUT2D eigenvalue weighted by atomic mass is 32.2. The van der Waals surface area contributed by atoms with E-state index in [4.69, 9.17) is 5.73 Å². The molecule has 1 rings (SSSR count). The third-order valence-electron chi connectivity index (χ3n) is 1.05. The Bertz CT molecular complexity index is 200. The van der Waals surface area contributed by atoms with Crippen molar-refractivity contribution < 1.29 is 0 Å². The van der Waals surface area contributed by atoms with Crippen LogP contribution >= 0.6 is 11.8 Å². The van der Waals surface area contributed by atoms with Gasteiger partial charge >= 0.3 is 0 Å². The molecule has 0 aliphatic rings. The summed E-state index contributed by atoms with van der Waals surface area (Å²) < 4.78 is 0. The molecule has 0 saturated carbocycles. The van der Waals surface area contributed by atoms with Crippen molar-refractivity contribution in [2.24, 2.45) is 5.73 Å². The van der Waals surface area contributed by atoms with E-state index in [-0.39, 0.29) is 6.04 Å². The van der Waals surface area contributed by atoms with Gasteiger partial charge in [-0.05, 0) is 13.0 Å². The van der Waals surface area contributed by atoms with Crippen LogP contribution in [-0.4, -0.2) is 21.8 Å². The molecule has 1 aromatic heterocycles. The van der Waals surface area contributed by atoms with E-state index in [1.165, 1.54) is 0 Å². The van der Waals surface area contributed by atoms with E-state index in [2.05, 4.69) is 9.97 Å². The maximum atomic E-state index is 5.58. The van der Waals surface area contributed by atoms with Gasteiger partial charge in [0, 0.05) is 18.0 Å². The van der Waals surface area contributed by atoms with Crippen LogP contribution in [0.1, 0.15) is 6.92 Å².